The summed E-state index contributed by atoms with van der Waals surface area (Å²) in [5.41, 5.74) is 3.49. The van der Waals surface area contributed by atoms with Crippen LogP contribution in [0.3, 0.4) is 0 Å². The highest BCUT2D eigenvalue weighted by molar-refractivity contribution is 7.89. The summed E-state index contributed by atoms with van der Waals surface area (Å²) in [6, 6.07) is 26.4. The molecule has 6 aromatic rings. The maximum absolute atomic E-state index is 14.5. The van der Waals surface area contributed by atoms with Gasteiger partial charge in [0.15, 0.2) is 0 Å². The molecule has 0 aliphatic heterocycles. The fraction of sp³-hybridized carbons (Fsp3) is 0.268. The van der Waals surface area contributed by atoms with Gasteiger partial charge < -0.3 is 19.4 Å². The molecule has 12 heteroatoms. The monoisotopic (exact) mass is 732 g/mol. The summed E-state index contributed by atoms with van der Waals surface area (Å²) < 4.78 is 45.3. The van der Waals surface area contributed by atoms with Gasteiger partial charge in [-0.2, -0.15) is 0 Å². The van der Waals surface area contributed by atoms with Gasteiger partial charge in [-0.3, -0.25) is 14.8 Å². The van der Waals surface area contributed by atoms with Crippen molar-refractivity contribution in [3.63, 3.8) is 0 Å². The molecule has 0 saturated carbocycles. The van der Waals surface area contributed by atoms with E-state index < -0.39 is 21.0 Å². The van der Waals surface area contributed by atoms with Gasteiger partial charge in [0.2, 0.25) is 21.8 Å². The largest absolute Gasteiger partial charge is 0.487 e. The number of rotatable bonds is 13. The molecule has 2 aromatic carbocycles. The fourth-order valence-corrected chi connectivity index (χ4v) is 7.94. The lowest BCUT2D eigenvalue weighted by molar-refractivity contribution is -0.124. The Balaban J connectivity index is 1.47. The first-order chi connectivity index (χ1) is 25.2. The third-order valence-electron chi connectivity index (χ3n) is 8.63. The van der Waals surface area contributed by atoms with Crippen molar-refractivity contribution in [3.8, 4) is 22.8 Å². The number of aromatic nitrogens is 4. The van der Waals surface area contributed by atoms with Crippen molar-refractivity contribution in [1.82, 2.24) is 24.2 Å². The van der Waals surface area contributed by atoms with Gasteiger partial charge in [0.1, 0.15) is 17.3 Å². The minimum Gasteiger partial charge on any atom is -0.487 e. The average Bonchev–Trinajstić information content (AvgIpc) is 3.42. The van der Waals surface area contributed by atoms with E-state index in [0.29, 0.717) is 40.5 Å². The number of anilines is 1. The van der Waals surface area contributed by atoms with Crippen LogP contribution in [0, 0.1) is 5.41 Å². The van der Waals surface area contributed by atoms with Gasteiger partial charge >= 0.3 is 0 Å². The van der Waals surface area contributed by atoms with Crippen LogP contribution in [0.25, 0.3) is 22.0 Å². The van der Waals surface area contributed by atoms with Crippen LogP contribution < -0.4 is 19.5 Å². The molecule has 6 rings (SSSR count). The fourth-order valence-electron chi connectivity index (χ4n) is 6.09. The van der Waals surface area contributed by atoms with Crippen LogP contribution in [0.15, 0.2) is 115 Å². The molecule has 0 aliphatic carbocycles. The molecule has 0 bridgehead atoms. The molecule has 53 heavy (non-hydrogen) atoms. The summed E-state index contributed by atoms with van der Waals surface area (Å²) in [5, 5.41) is 3.44. The van der Waals surface area contributed by atoms with E-state index in [4.69, 9.17) is 9.47 Å². The Morgan fingerprint density at radius 1 is 0.849 bits per heavy atom. The maximum atomic E-state index is 14.5. The minimum atomic E-state index is -4.13. The molecule has 2 N–H and O–H groups in total. The summed E-state index contributed by atoms with van der Waals surface area (Å²) in [4.78, 5) is 26.8. The van der Waals surface area contributed by atoms with Gasteiger partial charge in [0.05, 0.1) is 30.2 Å². The molecule has 274 valence electrons. The van der Waals surface area contributed by atoms with E-state index in [9.17, 15) is 13.2 Å². The van der Waals surface area contributed by atoms with Crippen molar-refractivity contribution in [2.75, 3.05) is 12.4 Å². The number of sulfonamides is 1. The third-order valence-corrected chi connectivity index (χ3v) is 10.5. The predicted octanol–water partition coefficient (Wildman–Crippen LogP) is 7.41. The molecule has 4 aromatic heterocycles. The lowest BCUT2D eigenvalue weighted by Gasteiger charge is -2.26. The number of hydrogen-bond acceptors (Lipinski definition) is 8. The Morgan fingerprint density at radius 2 is 1.62 bits per heavy atom. The highest BCUT2D eigenvalue weighted by Crippen LogP contribution is 2.38. The summed E-state index contributed by atoms with van der Waals surface area (Å²) in [6.07, 6.45) is 6.77. The molecule has 0 aliphatic rings. The molecule has 0 saturated heterocycles. The van der Waals surface area contributed by atoms with Crippen molar-refractivity contribution in [3.05, 3.63) is 127 Å². The summed E-state index contributed by atoms with van der Waals surface area (Å²) in [5.74, 6) is 0.753. The van der Waals surface area contributed by atoms with E-state index in [-0.39, 0.29) is 23.8 Å². The number of pyridine rings is 3. The second-order valence-electron chi connectivity index (χ2n) is 14.5. The first kappa shape index (κ1) is 37.2. The Morgan fingerprint density at radius 3 is 2.26 bits per heavy atom. The van der Waals surface area contributed by atoms with Crippen LogP contribution in [0.4, 0.5) is 5.69 Å². The standard InChI is InChI=1S/C41H44N6O5S/c1-40(2,3)46-53(49,50)38-34-22-33(52-27-32-10-7-8-21-43-32)17-18-35(34)47(36(38)23-41(4,5)39(48)45-31-11-9-20-42-25-31)26-28-12-14-29(15-13-28)30-16-19-37(51-6)44-24-30/h7-22,24-25,46H,23,26-27H2,1-6H3,(H,45,48). The SMILES string of the molecule is COc1ccc(-c2ccc(Cn3c(CC(C)(C)C(=O)Nc4cccnc4)c(S(=O)(=O)NC(C)(C)C)c4cc(OCc5ccccn5)ccc43)cc2)cn1. The smallest absolute Gasteiger partial charge is 0.243 e. The Bertz CT molecular complexity index is 2300. The van der Waals surface area contributed by atoms with Gasteiger partial charge in [-0.15, -0.1) is 0 Å². The number of fused-ring (bicyclic) bond motifs is 1. The lowest BCUT2D eigenvalue weighted by atomic mass is 9.86. The topological polar surface area (TPSA) is 137 Å². The van der Waals surface area contributed by atoms with Crippen LogP contribution in [0.2, 0.25) is 0 Å². The number of hydrogen-bond donors (Lipinski definition) is 2. The molecule has 0 unspecified atom stereocenters. The average molecular weight is 733 g/mol. The molecule has 0 radical (unpaired) electrons. The summed E-state index contributed by atoms with van der Waals surface area (Å²) >= 11 is 0. The molecular weight excluding hydrogens is 689 g/mol. The number of nitrogens with one attached hydrogen (secondary N) is 2. The van der Waals surface area contributed by atoms with E-state index in [2.05, 4.69) is 25.0 Å². The Hall–Kier alpha value is -5.59. The van der Waals surface area contributed by atoms with Crippen molar-refractivity contribution in [1.29, 1.82) is 0 Å². The quantitative estimate of drug-likeness (QED) is 0.125. The highest BCUT2D eigenvalue weighted by Gasteiger charge is 2.36. The van der Waals surface area contributed by atoms with Crippen molar-refractivity contribution < 1.29 is 22.7 Å². The first-order valence-corrected chi connectivity index (χ1v) is 18.7. The van der Waals surface area contributed by atoms with E-state index in [1.807, 2.05) is 85.1 Å². The Kier molecular flexibility index (Phi) is 10.6. The zero-order valence-electron chi connectivity index (χ0n) is 30.8. The van der Waals surface area contributed by atoms with E-state index in [1.165, 1.54) is 0 Å². The van der Waals surface area contributed by atoms with Gasteiger partial charge in [-0.25, -0.2) is 18.1 Å². The molecule has 0 spiro atoms. The molecule has 0 atom stereocenters. The summed E-state index contributed by atoms with van der Waals surface area (Å²) in [6.45, 7) is 9.58. The molecule has 1 amide bonds. The van der Waals surface area contributed by atoms with Crippen LogP contribution in [-0.4, -0.2) is 46.5 Å². The zero-order chi connectivity index (χ0) is 37.8. The Labute approximate surface area is 310 Å². The molecule has 11 nitrogen and oxygen atoms in total. The lowest BCUT2D eigenvalue weighted by Crippen LogP contribution is -2.41. The normalized spacial score (nSPS) is 12.1. The predicted molar refractivity (Wildman–Crippen MR) is 206 cm³/mol. The van der Waals surface area contributed by atoms with E-state index >= 15 is 0 Å². The number of carbonyl (C=O) groups is 1. The van der Waals surface area contributed by atoms with Crippen LogP contribution in [-0.2, 0) is 34.4 Å². The summed E-state index contributed by atoms with van der Waals surface area (Å²) in [7, 11) is -2.55. The van der Waals surface area contributed by atoms with Crippen LogP contribution in [0.1, 0.15) is 51.6 Å². The second-order valence-corrected chi connectivity index (χ2v) is 16.2. The maximum Gasteiger partial charge on any atom is 0.243 e. The minimum absolute atomic E-state index is 0.105. The molecule has 4 heterocycles. The van der Waals surface area contributed by atoms with Gasteiger partial charge in [0, 0.05) is 65.2 Å². The van der Waals surface area contributed by atoms with Crippen molar-refractivity contribution in [2.24, 2.45) is 5.41 Å². The van der Waals surface area contributed by atoms with Crippen LogP contribution >= 0.6 is 0 Å². The number of methoxy groups -OCH3 is 1. The number of amides is 1. The van der Waals surface area contributed by atoms with Crippen molar-refractivity contribution >= 4 is 32.5 Å². The third kappa shape index (κ3) is 8.90. The van der Waals surface area contributed by atoms with Gasteiger partial charge in [-0.05, 0) is 80.4 Å². The number of nitrogens with zero attached hydrogens (tertiary/aromatic N) is 4. The van der Waals surface area contributed by atoms with Crippen molar-refractivity contribution in [2.45, 2.75) is 64.6 Å². The zero-order valence-corrected chi connectivity index (χ0v) is 31.6. The van der Waals surface area contributed by atoms with Gasteiger partial charge in [0.25, 0.3) is 0 Å². The molecule has 0 fully saturated rings. The number of benzene rings is 2. The number of carbonyl (C=O) groups excluding carboxylic acids is 1. The number of ether oxygens (including phenoxy) is 2. The van der Waals surface area contributed by atoms with Crippen LogP contribution in [0.5, 0.6) is 11.6 Å². The van der Waals surface area contributed by atoms with E-state index in [1.54, 1.807) is 70.9 Å². The molecular formula is C41H44N6O5S. The highest BCUT2D eigenvalue weighted by atomic mass is 32.2. The van der Waals surface area contributed by atoms with E-state index in [0.717, 1.165) is 22.4 Å². The van der Waals surface area contributed by atoms with Gasteiger partial charge in [-0.1, -0.05) is 44.2 Å². The first-order valence-electron chi connectivity index (χ1n) is 17.2. The second kappa shape index (κ2) is 15.2.